The second-order valence-electron chi connectivity index (χ2n) is 12.3. The van der Waals surface area contributed by atoms with Gasteiger partial charge in [0.05, 0.1) is 25.6 Å². The largest absolute Gasteiger partial charge is 0.394 e. The third kappa shape index (κ3) is 13.6. The van der Waals surface area contributed by atoms with E-state index in [9.17, 15) is 39.0 Å². The van der Waals surface area contributed by atoms with E-state index >= 15 is 0 Å². The fourth-order valence-corrected chi connectivity index (χ4v) is 4.51. The Morgan fingerprint density at radius 1 is 0.804 bits per heavy atom. The molecule has 1 rings (SSSR count). The number of carbonyl (C=O) groups excluding carboxylic acids is 6. The molecule has 0 spiro atoms. The van der Waals surface area contributed by atoms with Gasteiger partial charge in [-0.1, -0.05) is 48.0 Å². The summed E-state index contributed by atoms with van der Waals surface area (Å²) >= 11 is 0. The van der Waals surface area contributed by atoms with Gasteiger partial charge in [0, 0.05) is 18.3 Å². The molecule has 1 aromatic heterocycles. The SMILES string of the molecule is CC[C@H](C)[C@H](NC(=O)[C@H](CC(C)C)NC(=O)[C@@H](N)CO)C(=O)N[C@@H](Cc1cnc[nH]1)C(=O)N[C@@H](CO)C(=O)N[C@H](C=O)CC(C)C. The Balaban J connectivity index is 3.22. The lowest BCUT2D eigenvalue weighted by Crippen LogP contribution is -2.61. The lowest BCUT2D eigenvalue weighted by atomic mass is 9.96. The van der Waals surface area contributed by atoms with Crippen molar-refractivity contribution < 1.29 is 39.0 Å². The van der Waals surface area contributed by atoms with Crippen LogP contribution in [-0.2, 0) is 35.2 Å². The molecule has 7 atom stereocenters. The molecule has 0 saturated heterocycles. The number of hydrogen-bond donors (Lipinski definition) is 9. The zero-order chi connectivity index (χ0) is 35.0. The van der Waals surface area contributed by atoms with E-state index in [4.69, 9.17) is 5.73 Å². The van der Waals surface area contributed by atoms with E-state index in [2.05, 4.69) is 36.6 Å². The average Bonchev–Trinajstić information content (AvgIpc) is 3.52. The molecule has 1 aromatic rings. The highest BCUT2D eigenvalue weighted by Crippen LogP contribution is 2.12. The molecule has 0 fully saturated rings. The van der Waals surface area contributed by atoms with Crippen LogP contribution in [0.2, 0.25) is 0 Å². The first kappa shape index (κ1) is 40.1. The second kappa shape index (κ2) is 20.3. The number of aromatic nitrogens is 2. The van der Waals surface area contributed by atoms with Gasteiger partial charge in [-0.05, 0) is 30.6 Å². The number of rotatable bonds is 21. The molecule has 0 saturated carbocycles. The zero-order valence-corrected chi connectivity index (χ0v) is 27.5. The second-order valence-corrected chi connectivity index (χ2v) is 12.3. The van der Waals surface area contributed by atoms with Crippen LogP contribution >= 0.6 is 0 Å². The topological polar surface area (TPSA) is 258 Å². The van der Waals surface area contributed by atoms with Crippen molar-refractivity contribution in [3.63, 3.8) is 0 Å². The van der Waals surface area contributed by atoms with Crippen LogP contribution < -0.4 is 32.3 Å². The van der Waals surface area contributed by atoms with Gasteiger partial charge in [-0.25, -0.2) is 4.98 Å². The number of aromatic amines is 1. The summed E-state index contributed by atoms with van der Waals surface area (Å²) in [5, 5.41) is 31.9. The molecule has 0 aliphatic heterocycles. The molecule has 5 amide bonds. The number of hydrogen-bond acceptors (Lipinski definition) is 10. The summed E-state index contributed by atoms with van der Waals surface area (Å²) in [6.45, 7) is 9.60. The monoisotopic (exact) mass is 652 g/mol. The third-order valence-electron chi connectivity index (χ3n) is 7.31. The average molecular weight is 653 g/mol. The molecule has 46 heavy (non-hydrogen) atoms. The third-order valence-corrected chi connectivity index (χ3v) is 7.31. The van der Waals surface area contributed by atoms with Crippen LogP contribution in [0.15, 0.2) is 12.5 Å². The van der Waals surface area contributed by atoms with Crippen LogP contribution in [0.5, 0.6) is 0 Å². The first-order valence-corrected chi connectivity index (χ1v) is 15.6. The Kier molecular flexibility index (Phi) is 17.7. The molecule has 10 N–H and O–H groups in total. The number of nitrogens with one attached hydrogen (secondary N) is 6. The van der Waals surface area contributed by atoms with Crippen molar-refractivity contribution in [2.75, 3.05) is 13.2 Å². The molecule has 260 valence electrons. The van der Waals surface area contributed by atoms with Crippen molar-refractivity contribution in [2.24, 2.45) is 23.5 Å². The highest BCUT2D eigenvalue weighted by molar-refractivity contribution is 5.96. The van der Waals surface area contributed by atoms with Gasteiger partial charge in [0.15, 0.2) is 0 Å². The molecule has 0 aliphatic carbocycles. The van der Waals surface area contributed by atoms with Gasteiger partial charge in [-0.15, -0.1) is 0 Å². The number of aliphatic hydroxyl groups excluding tert-OH is 2. The van der Waals surface area contributed by atoms with Gasteiger partial charge >= 0.3 is 0 Å². The van der Waals surface area contributed by atoms with Gasteiger partial charge in [0.25, 0.3) is 0 Å². The first-order chi connectivity index (χ1) is 21.7. The quantitative estimate of drug-likeness (QED) is 0.0662. The molecule has 0 unspecified atom stereocenters. The summed E-state index contributed by atoms with van der Waals surface area (Å²) in [4.78, 5) is 83.9. The van der Waals surface area contributed by atoms with Crippen molar-refractivity contribution in [1.82, 2.24) is 36.6 Å². The predicted octanol–water partition coefficient (Wildman–Crippen LogP) is -1.97. The number of nitrogens with zero attached hydrogens (tertiary/aromatic N) is 1. The Hall–Kier alpha value is -3.89. The Bertz CT molecular complexity index is 1130. The van der Waals surface area contributed by atoms with E-state index in [0.29, 0.717) is 24.8 Å². The maximum absolute atomic E-state index is 13.7. The molecular formula is C30H52N8O8. The molecule has 0 radical (unpaired) electrons. The Morgan fingerprint density at radius 3 is 1.87 bits per heavy atom. The van der Waals surface area contributed by atoms with Crippen molar-refractivity contribution in [1.29, 1.82) is 0 Å². The Morgan fingerprint density at radius 2 is 1.37 bits per heavy atom. The van der Waals surface area contributed by atoms with Crippen molar-refractivity contribution in [2.45, 2.75) is 103 Å². The lowest BCUT2D eigenvalue weighted by Gasteiger charge is -2.29. The number of aliphatic hydroxyl groups is 2. The van der Waals surface area contributed by atoms with Crippen molar-refractivity contribution >= 4 is 35.8 Å². The summed E-state index contributed by atoms with van der Waals surface area (Å²) in [7, 11) is 0. The summed E-state index contributed by atoms with van der Waals surface area (Å²) in [6.07, 6.45) is 4.39. The lowest BCUT2D eigenvalue weighted by molar-refractivity contribution is -0.136. The number of imidazole rings is 1. The van der Waals surface area contributed by atoms with Crippen LogP contribution in [-0.4, -0.2) is 105 Å². The van der Waals surface area contributed by atoms with Crippen molar-refractivity contribution in [3.05, 3.63) is 18.2 Å². The molecular weight excluding hydrogens is 600 g/mol. The molecule has 0 aliphatic rings. The van der Waals surface area contributed by atoms with Crippen LogP contribution in [0.4, 0.5) is 0 Å². The van der Waals surface area contributed by atoms with Gasteiger partial charge in [-0.2, -0.15) is 0 Å². The van der Waals surface area contributed by atoms with Crippen LogP contribution in [0.25, 0.3) is 0 Å². The van der Waals surface area contributed by atoms with E-state index in [1.165, 1.54) is 12.5 Å². The maximum atomic E-state index is 13.7. The summed E-state index contributed by atoms with van der Waals surface area (Å²) in [5.41, 5.74) is 6.09. The molecule has 0 bridgehead atoms. The van der Waals surface area contributed by atoms with E-state index in [-0.39, 0.29) is 24.7 Å². The zero-order valence-electron chi connectivity index (χ0n) is 27.5. The Labute approximate surface area is 269 Å². The van der Waals surface area contributed by atoms with Crippen molar-refractivity contribution in [3.8, 4) is 0 Å². The molecule has 16 heteroatoms. The normalized spacial score (nSPS) is 15.9. The van der Waals surface area contributed by atoms with E-state index in [0.717, 1.165) is 0 Å². The van der Waals surface area contributed by atoms with Crippen LogP contribution in [0, 0.1) is 17.8 Å². The van der Waals surface area contributed by atoms with Gasteiger partial charge in [0.1, 0.15) is 36.5 Å². The maximum Gasteiger partial charge on any atom is 0.245 e. The number of amides is 5. The van der Waals surface area contributed by atoms with Crippen LogP contribution in [0.1, 0.15) is 66.5 Å². The summed E-state index contributed by atoms with van der Waals surface area (Å²) in [6, 6.07) is -6.93. The van der Waals surface area contributed by atoms with Crippen LogP contribution in [0.3, 0.4) is 0 Å². The van der Waals surface area contributed by atoms with Gasteiger partial charge in [0.2, 0.25) is 29.5 Å². The van der Waals surface area contributed by atoms with E-state index < -0.39 is 84.9 Å². The van der Waals surface area contributed by atoms with E-state index in [1.54, 1.807) is 6.92 Å². The smallest absolute Gasteiger partial charge is 0.245 e. The standard InChI is InChI=1S/C30H52N8O8/c1-7-18(6)25(38-28(44)22(9-17(4)5)35-26(42)21(31)13-40)30(46)36-23(10-19-11-32-15-33-19)27(43)37-24(14-41)29(45)34-20(12-39)8-16(2)3/h11-12,15-18,20-25,40-41H,7-10,13-14,31H2,1-6H3,(H,32,33)(H,34,45)(H,35,42)(H,36,46)(H,37,43)(H,38,44)/t18-,20-,21-,22-,23-,24-,25-/m0/s1. The number of aldehydes is 1. The minimum Gasteiger partial charge on any atom is -0.394 e. The summed E-state index contributed by atoms with van der Waals surface area (Å²) < 4.78 is 0. The molecule has 0 aromatic carbocycles. The highest BCUT2D eigenvalue weighted by Gasteiger charge is 2.34. The molecule has 16 nitrogen and oxygen atoms in total. The summed E-state index contributed by atoms with van der Waals surface area (Å²) in [5.74, 6) is -3.99. The fraction of sp³-hybridized carbons (Fsp3) is 0.700. The predicted molar refractivity (Wildman–Crippen MR) is 169 cm³/mol. The number of H-pyrrole nitrogens is 1. The number of carbonyl (C=O) groups is 6. The highest BCUT2D eigenvalue weighted by atomic mass is 16.3. The molecule has 1 heterocycles. The number of nitrogens with two attached hydrogens (primary N) is 1. The fourth-order valence-electron chi connectivity index (χ4n) is 4.51. The first-order valence-electron chi connectivity index (χ1n) is 15.6. The van der Waals surface area contributed by atoms with Gasteiger partial charge < -0.3 is 52.3 Å². The minimum atomic E-state index is -1.42. The van der Waals surface area contributed by atoms with Gasteiger partial charge in [-0.3, -0.25) is 24.0 Å². The van der Waals surface area contributed by atoms with E-state index in [1.807, 2.05) is 34.6 Å². The minimum absolute atomic E-state index is 0.0244.